The standard InChI is InChI=1S/C10H20N4OS/c1-8(5-6-16(4)15)11-7-10-13-12-9(2)14(10)3/h8,11H,5-7H2,1-4H3. The zero-order valence-corrected chi connectivity index (χ0v) is 11.2. The van der Waals surface area contributed by atoms with Crippen molar-refractivity contribution in [3.05, 3.63) is 11.6 Å². The molecular formula is C10H20N4OS. The van der Waals surface area contributed by atoms with E-state index in [-0.39, 0.29) is 0 Å². The van der Waals surface area contributed by atoms with Crippen LogP contribution in [0.4, 0.5) is 0 Å². The fraction of sp³-hybridized carbons (Fsp3) is 0.800. The van der Waals surface area contributed by atoms with Gasteiger partial charge in [0.25, 0.3) is 0 Å². The van der Waals surface area contributed by atoms with E-state index in [4.69, 9.17) is 0 Å². The molecule has 2 unspecified atom stereocenters. The molecule has 1 aromatic heterocycles. The largest absolute Gasteiger partial charge is 0.317 e. The zero-order valence-electron chi connectivity index (χ0n) is 10.4. The minimum Gasteiger partial charge on any atom is -0.317 e. The summed E-state index contributed by atoms with van der Waals surface area (Å²) in [6.07, 6.45) is 2.65. The number of aromatic nitrogens is 3. The van der Waals surface area contributed by atoms with Gasteiger partial charge in [0.2, 0.25) is 0 Å². The van der Waals surface area contributed by atoms with Crippen LogP contribution in [0.15, 0.2) is 0 Å². The molecule has 0 amide bonds. The molecule has 0 aliphatic rings. The SMILES string of the molecule is Cc1nnc(CNC(C)CCS(C)=O)n1C. The van der Waals surface area contributed by atoms with E-state index in [1.165, 1.54) is 0 Å². The van der Waals surface area contributed by atoms with Gasteiger partial charge in [0.05, 0.1) is 6.54 Å². The first kappa shape index (κ1) is 13.3. The number of nitrogens with zero attached hydrogens (tertiary/aromatic N) is 3. The van der Waals surface area contributed by atoms with E-state index in [0.717, 1.165) is 23.8 Å². The maximum Gasteiger partial charge on any atom is 0.146 e. The highest BCUT2D eigenvalue weighted by Crippen LogP contribution is 1.99. The van der Waals surface area contributed by atoms with Crippen molar-refractivity contribution < 1.29 is 4.21 Å². The van der Waals surface area contributed by atoms with Crippen LogP contribution in [0.3, 0.4) is 0 Å². The maximum atomic E-state index is 10.9. The predicted molar refractivity (Wildman–Crippen MR) is 65.6 cm³/mol. The lowest BCUT2D eigenvalue weighted by molar-refractivity contribution is 0.515. The Kier molecular flexibility index (Phi) is 5.08. The van der Waals surface area contributed by atoms with Gasteiger partial charge in [-0.25, -0.2) is 0 Å². The van der Waals surface area contributed by atoms with Crippen LogP contribution in [0.5, 0.6) is 0 Å². The summed E-state index contributed by atoms with van der Waals surface area (Å²) in [6, 6.07) is 0.348. The first-order chi connectivity index (χ1) is 7.50. The van der Waals surface area contributed by atoms with Crippen molar-refractivity contribution in [2.45, 2.75) is 32.9 Å². The summed E-state index contributed by atoms with van der Waals surface area (Å²) < 4.78 is 12.9. The first-order valence-electron chi connectivity index (χ1n) is 5.39. The lowest BCUT2D eigenvalue weighted by Crippen LogP contribution is -2.28. The van der Waals surface area contributed by atoms with Crippen LogP contribution < -0.4 is 5.32 Å². The molecule has 16 heavy (non-hydrogen) atoms. The third kappa shape index (κ3) is 4.02. The van der Waals surface area contributed by atoms with E-state index >= 15 is 0 Å². The third-order valence-corrected chi connectivity index (χ3v) is 3.44. The average molecular weight is 244 g/mol. The van der Waals surface area contributed by atoms with E-state index in [2.05, 4.69) is 22.4 Å². The van der Waals surface area contributed by atoms with Gasteiger partial charge in [0.1, 0.15) is 11.6 Å². The van der Waals surface area contributed by atoms with Crippen molar-refractivity contribution in [2.24, 2.45) is 7.05 Å². The van der Waals surface area contributed by atoms with Crippen LogP contribution in [-0.4, -0.2) is 37.0 Å². The van der Waals surface area contributed by atoms with E-state index < -0.39 is 10.8 Å². The van der Waals surface area contributed by atoms with Crippen LogP contribution in [0.2, 0.25) is 0 Å². The first-order valence-corrected chi connectivity index (χ1v) is 7.11. The summed E-state index contributed by atoms with van der Waals surface area (Å²) in [4.78, 5) is 0. The summed E-state index contributed by atoms with van der Waals surface area (Å²) in [5.41, 5.74) is 0. The second-order valence-electron chi connectivity index (χ2n) is 4.07. The normalized spacial score (nSPS) is 15.0. The molecule has 1 heterocycles. The van der Waals surface area contributed by atoms with Crippen LogP contribution in [0.1, 0.15) is 25.0 Å². The fourth-order valence-corrected chi connectivity index (χ4v) is 2.00. The molecule has 0 saturated carbocycles. The highest BCUT2D eigenvalue weighted by atomic mass is 32.2. The highest BCUT2D eigenvalue weighted by Gasteiger charge is 2.07. The van der Waals surface area contributed by atoms with E-state index in [1.807, 2.05) is 18.5 Å². The van der Waals surface area contributed by atoms with Crippen LogP contribution in [0, 0.1) is 6.92 Å². The predicted octanol–water partition coefficient (Wildman–Crippen LogP) is 0.370. The van der Waals surface area contributed by atoms with Gasteiger partial charge in [-0.1, -0.05) is 0 Å². The zero-order chi connectivity index (χ0) is 12.1. The molecule has 5 nitrogen and oxygen atoms in total. The minimum absolute atomic E-state index is 0.348. The number of aryl methyl sites for hydroxylation is 1. The van der Waals surface area contributed by atoms with E-state index in [9.17, 15) is 4.21 Å². The van der Waals surface area contributed by atoms with Crippen molar-refractivity contribution in [1.29, 1.82) is 0 Å². The minimum atomic E-state index is -0.708. The van der Waals surface area contributed by atoms with E-state index in [1.54, 1.807) is 6.26 Å². The Hall–Kier alpha value is -0.750. The molecule has 6 heteroatoms. The molecule has 1 aromatic rings. The summed E-state index contributed by atoms with van der Waals surface area (Å²) >= 11 is 0. The van der Waals surface area contributed by atoms with Crippen LogP contribution >= 0.6 is 0 Å². The van der Waals surface area contributed by atoms with Crippen molar-refractivity contribution in [1.82, 2.24) is 20.1 Å². The Bertz CT molecular complexity index is 364. The summed E-state index contributed by atoms with van der Waals surface area (Å²) in [5, 5.41) is 11.4. The number of hydrogen-bond donors (Lipinski definition) is 1. The van der Waals surface area contributed by atoms with E-state index in [0.29, 0.717) is 12.6 Å². The second kappa shape index (κ2) is 6.10. The molecule has 1 N–H and O–H groups in total. The van der Waals surface area contributed by atoms with Gasteiger partial charge >= 0.3 is 0 Å². The van der Waals surface area contributed by atoms with Crippen molar-refractivity contribution in [3.8, 4) is 0 Å². The molecule has 92 valence electrons. The Morgan fingerprint density at radius 2 is 2.19 bits per heavy atom. The fourth-order valence-electron chi connectivity index (χ4n) is 1.32. The summed E-state index contributed by atoms with van der Waals surface area (Å²) in [6.45, 7) is 4.73. The van der Waals surface area contributed by atoms with Gasteiger partial charge in [0.15, 0.2) is 0 Å². The molecule has 1 rings (SSSR count). The van der Waals surface area contributed by atoms with Gasteiger partial charge in [0, 0.05) is 35.9 Å². The molecule has 0 spiro atoms. The van der Waals surface area contributed by atoms with Crippen molar-refractivity contribution >= 4 is 10.8 Å². The molecule has 0 aromatic carbocycles. The highest BCUT2D eigenvalue weighted by molar-refractivity contribution is 7.84. The van der Waals surface area contributed by atoms with Crippen molar-refractivity contribution in [2.75, 3.05) is 12.0 Å². The number of nitrogens with one attached hydrogen (secondary N) is 1. The summed E-state index contributed by atoms with van der Waals surface area (Å²) in [5.74, 6) is 2.59. The molecular weight excluding hydrogens is 224 g/mol. The molecule has 0 fully saturated rings. The quantitative estimate of drug-likeness (QED) is 0.785. The third-order valence-electron chi connectivity index (χ3n) is 2.63. The smallest absolute Gasteiger partial charge is 0.146 e. The molecule has 0 aliphatic carbocycles. The second-order valence-corrected chi connectivity index (χ2v) is 5.63. The van der Waals surface area contributed by atoms with Crippen LogP contribution in [-0.2, 0) is 24.4 Å². The Morgan fingerprint density at radius 3 is 2.69 bits per heavy atom. The van der Waals surface area contributed by atoms with Gasteiger partial charge < -0.3 is 9.88 Å². The Morgan fingerprint density at radius 1 is 1.50 bits per heavy atom. The van der Waals surface area contributed by atoms with Gasteiger partial charge in [-0.15, -0.1) is 10.2 Å². The van der Waals surface area contributed by atoms with Gasteiger partial charge in [-0.2, -0.15) is 0 Å². The lowest BCUT2D eigenvalue weighted by atomic mass is 10.2. The van der Waals surface area contributed by atoms with Gasteiger partial charge in [-0.3, -0.25) is 4.21 Å². The topological polar surface area (TPSA) is 59.8 Å². The summed E-state index contributed by atoms with van der Waals surface area (Å²) in [7, 11) is 1.25. The van der Waals surface area contributed by atoms with Gasteiger partial charge in [-0.05, 0) is 20.3 Å². The Balaban J connectivity index is 2.34. The molecule has 0 saturated heterocycles. The van der Waals surface area contributed by atoms with Crippen LogP contribution in [0.25, 0.3) is 0 Å². The molecule has 0 aliphatic heterocycles. The molecule has 0 bridgehead atoms. The average Bonchev–Trinajstić information content (AvgIpc) is 2.54. The molecule has 0 radical (unpaired) electrons. The monoisotopic (exact) mass is 244 g/mol. The molecule has 2 atom stereocenters. The lowest BCUT2D eigenvalue weighted by Gasteiger charge is -2.12. The van der Waals surface area contributed by atoms with Crippen molar-refractivity contribution in [3.63, 3.8) is 0 Å². The number of rotatable bonds is 6. The maximum absolute atomic E-state index is 10.9. The Labute approximate surface area is 99.1 Å². The number of hydrogen-bond acceptors (Lipinski definition) is 4.